The fraction of sp³-hybridized carbons (Fsp3) is 0.136. The molecule has 0 fully saturated rings. The van der Waals surface area contributed by atoms with E-state index < -0.39 is 16.1 Å². The molecule has 150 valence electrons. The van der Waals surface area contributed by atoms with E-state index in [1.807, 2.05) is 60.7 Å². The summed E-state index contributed by atoms with van der Waals surface area (Å²) in [6.07, 6.45) is 0.247. The van der Waals surface area contributed by atoms with Crippen LogP contribution >= 0.6 is 15.9 Å². The Morgan fingerprint density at radius 3 is 1.97 bits per heavy atom. The van der Waals surface area contributed by atoms with E-state index >= 15 is 0 Å². The summed E-state index contributed by atoms with van der Waals surface area (Å²) < 4.78 is 29.0. The number of amides is 1. The van der Waals surface area contributed by atoms with Crippen molar-refractivity contribution in [2.24, 2.45) is 0 Å². The number of halogens is 1. The van der Waals surface area contributed by atoms with Crippen molar-refractivity contribution in [3.05, 3.63) is 101 Å². The first kappa shape index (κ1) is 21.2. The molecule has 3 rings (SSSR count). The maximum atomic E-state index is 12.8. The van der Waals surface area contributed by atoms with E-state index in [-0.39, 0.29) is 17.2 Å². The number of hydrogen-bond acceptors (Lipinski definition) is 3. The predicted octanol–water partition coefficient (Wildman–Crippen LogP) is 3.66. The van der Waals surface area contributed by atoms with E-state index in [2.05, 4.69) is 26.0 Å². The minimum atomic E-state index is -3.86. The van der Waals surface area contributed by atoms with Gasteiger partial charge < -0.3 is 5.32 Å². The second-order valence-electron chi connectivity index (χ2n) is 6.52. The van der Waals surface area contributed by atoms with E-state index in [1.54, 1.807) is 12.1 Å². The van der Waals surface area contributed by atoms with Gasteiger partial charge in [0.2, 0.25) is 15.9 Å². The van der Waals surface area contributed by atoms with Gasteiger partial charge in [0.05, 0.1) is 4.90 Å². The maximum Gasteiger partial charge on any atom is 0.241 e. The summed E-state index contributed by atoms with van der Waals surface area (Å²) in [5, 5.41) is 2.83. The van der Waals surface area contributed by atoms with Crippen LogP contribution in [0.15, 0.2) is 94.3 Å². The Bertz CT molecular complexity index is 1040. The third-order valence-electron chi connectivity index (χ3n) is 4.33. The molecule has 3 aromatic carbocycles. The fourth-order valence-electron chi connectivity index (χ4n) is 2.81. The van der Waals surface area contributed by atoms with E-state index in [4.69, 9.17) is 0 Å². The number of carbonyl (C=O) groups excluding carboxylic acids is 1. The Balaban J connectivity index is 1.78. The minimum Gasteiger partial charge on any atom is -0.351 e. The van der Waals surface area contributed by atoms with Gasteiger partial charge in [0, 0.05) is 11.0 Å². The molecule has 0 unspecified atom stereocenters. The van der Waals surface area contributed by atoms with Crippen molar-refractivity contribution in [3.63, 3.8) is 0 Å². The molecule has 0 aliphatic carbocycles. The SMILES string of the molecule is O=C(NCc1ccccc1)[C@@H](Cc1ccccc1)NS(=O)(=O)c1ccc(Br)cc1. The second kappa shape index (κ2) is 9.82. The molecule has 0 heterocycles. The van der Waals surface area contributed by atoms with E-state index in [0.29, 0.717) is 6.54 Å². The zero-order valence-electron chi connectivity index (χ0n) is 15.6. The average molecular weight is 473 g/mol. The molecular weight excluding hydrogens is 452 g/mol. The van der Waals surface area contributed by atoms with Gasteiger partial charge in [-0.25, -0.2) is 8.42 Å². The molecule has 0 aliphatic heterocycles. The molecule has 29 heavy (non-hydrogen) atoms. The summed E-state index contributed by atoms with van der Waals surface area (Å²) in [7, 11) is -3.86. The maximum absolute atomic E-state index is 12.8. The smallest absolute Gasteiger partial charge is 0.241 e. The normalized spacial score (nSPS) is 12.3. The molecule has 1 atom stereocenters. The highest BCUT2D eigenvalue weighted by atomic mass is 79.9. The van der Waals surface area contributed by atoms with E-state index in [1.165, 1.54) is 12.1 Å². The topological polar surface area (TPSA) is 75.3 Å². The molecule has 0 aromatic heterocycles. The molecule has 0 spiro atoms. The summed E-state index contributed by atoms with van der Waals surface area (Å²) in [5.41, 5.74) is 1.81. The lowest BCUT2D eigenvalue weighted by Gasteiger charge is -2.19. The number of rotatable bonds is 8. The van der Waals surface area contributed by atoms with Crippen molar-refractivity contribution in [2.45, 2.75) is 23.9 Å². The van der Waals surface area contributed by atoms with Crippen LogP contribution in [-0.2, 0) is 27.8 Å². The fourth-order valence-corrected chi connectivity index (χ4v) is 4.27. The number of benzene rings is 3. The number of carbonyl (C=O) groups is 1. The van der Waals surface area contributed by atoms with Gasteiger partial charge in [0.25, 0.3) is 0 Å². The molecule has 1 amide bonds. The first-order valence-corrected chi connectivity index (χ1v) is 11.3. The lowest BCUT2D eigenvalue weighted by molar-refractivity contribution is -0.122. The van der Waals surface area contributed by atoms with Gasteiger partial charge in [-0.05, 0) is 41.8 Å². The summed E-state index contributed by atoms with van der Waals surface area (Å²) in [6.45, 7) is 0.324. The van der Waals surface area contributed by atoms with Crippen molar-refractivity contribution in [1.82, 2.24) is 10.0 Å². The highest BCUT2D eigenvalue weighted by Gasteiger charge is 2.26. The van der Waals surface area contributed by atoms with Gasteiger partial charge in [-0.2, -0.15) is 4.72 Å². The lowest BCUT2D eigenvalue weighted by Crippen LogP contribution is -2.47. The third-order valence-corrected chi connectivity index (χ3v) is 6.35. The quantitative estimate of drug-likeness (QED) is 0.525. The van der Waals surface area contributed by atoms with Crippen LogP contribution in [0.25, 0.3) is 0 Å². The van der Waals surface area contributed by atoms with Crippen LogP contribution in [0.4, 0.5) is 0 Å². The first-order valence-electron chi connectivity index (χ1n) is 9.07. The van der Waals surface area contributed by atoms with E-state index in [0.717, 1.165) is 15.6 Å². The van der Waals surface area contributed by atoms with Crippen LogP contribution in [0.5, 0.6) is 0 Å². The molecule has 0 saturated carbocycles. The molecule has 5 nitrogen and oxygen atoms in total. The average Bonchev–Trinajstić information content (AvgIpc) is 2.73. The predicted molar refractivity (Wildman–Crippen MR) is 117 cm³/mol. The largest absolute Gasteiger partial charge is 0.351 e. The number of sulfonamides is 1. The monoisotopic (exact) mass is 472 g/mol. The Morgan fingerprint density at radius 2 is 1.38 bits per heavy atom. The van der Waals surface area contributed by atoms with Gasteiger partial charge >= 0.3 is 0 Å². The van der Waals surface area contributed by atoms with Crippen LogP contribution < -0.4 is 10.0 Å². The standard InChI is InChI=1S/C22H21BrN2O3S/c23-19-11-13-20(14-12-19)29(27,28)25-21(15-17-7-3-1-4-8-17)22(26)24-16-18-9-5-2-6-10-18/h1-14,21,25H,15-16H2,(H,24,26)/t21-/m1/s1. The zero-order valence-corrected chi connectivity index (χ0v) is 18.0. The highest BCUT2D eigenvalue weighted by molar-refractivity contribution is 9.10. The van der Waals surface area contributed by atoms with E-state index in [9.17, 15) is 13.2 Å². The first-order chi connectivity index (χ1) is 13.9. The zero-order chi connectivity index (χ0) is 20.7. The van der Waals surface area contributed by atoms with Crippen molar-refractivity contribution in [3.8, 4) is 0 Å². The molecule has 7 heteroatoms. The van der Waals surface area contributed by atoms with Gasteiger partial charge in [-0.3, -0.25) is 4.79 Å². The molecule has 0 saturated heterocycles. The summed E-state index contributed by atoms with van der Waals surface area (Å²) in [4.78, 5) is 12.9. The van der Waals surface area contributed by atoms with Crippen LogP contribution in [0.1, 0.15) is 11.1 Å². The van der Waals surface area contributed by atoms with Crippen LogP contribution in [0.3, 0.4) is 0 Å². The Morgan fingerprint density at radius 1 is 0.828 bits per heavy atom. The molecule has 0 aliphatic rings. The van der Waals surface area contributed by atoms with Gasteiger partial charge in [0.15, 0.2) is 0 Å². The Kier molecular flexibility index (Phi) is 7.19. The van der Waals surface area contributed by atoms with Gasteiger partial charge in [0.1, 0.15) is 6.04 Å². The van der Waals surface area contributed by atoms with Gasteiger partial charge in [-0.1, -0.05) is 76.6 Å². The minimum absolute atomic E-state index is 0.106. The Labute approximate surface area is 179 Å². The van der Waals surface area contributed by atoms with Crippen LogP contribution in [0, 0.1) is 0 Å². The second-order valence-corrected chi connectivity index (χ2v) is 9.15. The molecule has 2 N–H and O–H groups in total. The van der Waals surface area contributed by atoms with Crippen molar-refractivity contribution >= 4 is 31.9 Å². The lowest BCUT2D eigenvalue weighted by atomic mass is 10.1. The van der Waals surface area contributed by atoms with Crippen LogP contribution in [-0.4, -0.2) is 20.4 Å². The van der Waals surface area contributed by atoms with Crippen molar-refractivity contribution in [2.75, 3.05) is 0 Å². The van der Waals surface area contributed by atoms with Crippen LogP contribution in [0.2, 0.25) is 0 Å². The van der Waals surface area contributed by atoms with Crippen molar-refractivity contribution in [1.29, 1.82) is 0 Å². The van der Waals surface area contributed by atoms with Crippen molar-refractivity contribution < 1.29 is 13.2 Å². The molecular formula is C22H21BrN2O3S. The number of hydrogen-bond donors (Lipinski definition) is 2. The highest BCUT2D eigenvalue weighted by Crippen LogP contribution is 2.16. The molecule has 0 bridgehead atoms. The number of nitrogens with one attached hydrogen (secondary N) is 2. The van der Waals surface area contributed by atoms with Gasteiger partial charge in [-0.15, -0.1) is 0 Å². The molecule has 3 aromatic rings. The summed E-state index contributed by atoms with van der Waals surface area (Å²) in [6, 6.07) is 24.2. The molecule has 0 radical (unpaired) electrons. The Hall–Kier alpha value is -2.48. The summed E-state index contributed by atoms with van der Waals surface area (Å²) >= 11 is 3.29. The third kappa shape index (κ3) is 6.25. The summed E-state index contributed by atoms with van der Waals surface area (Å²) in [5.74, 6) is -0.376.